The Labute approximate surface area is 174 Å². The van der Waals surface area contributed by atoms with E-state index in [0.717, 1.165) is 11.0 Å². The average Bonchev–Trinajstić information content (AvgIpc) is 3.59. The van der Waals surface area contributed by atoms with Gasteiger partial charge in [0.15, 0.2) is 11.6 Å². The standard InChI is InChI=1S/C23H25F2N5/c1-14-5-8-18(24)17(20(14)25)13-29-9-11-30(12-10-29)23-22(26)27-19-4-2-3-16(15-6-7-15)21(19)28-23/h2-5,8,15H,6-7,9-13H2,1H3,(H2,26,27). The van der Waals surface area contributed by atoms with Crippen molar-refractivity contribution >= 4 is 22.7 Å². The molecule has 0 spiro atoms. The third kappa shape index (κ3) is 3.47. The van der Waals surface area contributed by atoms with Crippen LogP contribution in [0.1, 0.15) is 35.4 Å². The van der Waals surface area contributed by atoms with E-state index in [1.807, 2.05) is 12.1 Å². The molecule has 3 aromatic rings. The van der Waals surface area contributed by atoms with Crippen molar-refractivity contribution in [2.24, 2.45) is 0 Å². The van der Waals surface area contributed by atoms with Crippen molar-refractivity contribution in [3.63, 3.8) is 0 Å². The number of hydrogen-bond donors (Lipinski definition) is 1. The maximum atomic E-state index is 14.4. The summed E-state index contributed by atoms with van der Waals surface area (Å²) in [6, 6.07) is 8.93. The molecule has 0 amide bonds. The van der Waals surface area contributed by atoms with Gasteiger partial charge in [0.1, 0.15) is 11.6 Å². The number of benzene rings is 2. The molecule has 2 N–H and O–H groups in total. The summed E-state index contributed by atoms with van der Waals surface area (Å²) in [6.07, 6.45) is 2.40. The van der Waals surface area contributed by atoms with Crippen LogP contribution in [-0.2, 0) is 6.54 Å². The van der Waals surface area contributed by atoms with E-state index in [0.29, 0.717) is 49.3 Å². The number of para-hydroxylation sites is 1. The van der Waals surface area contributed by atoms with Gasteiger partial charge in [-0.1, -0.05) is 18.2 Å². The summed E-state index contributed by atoms with van der Waals surface area (Å²) in [5.74, 6) is 0.783. The Morgan fingerprint density at radius 3 is 2.53 bits per heavy atom. The molecule has 5 rings (SSSR count). The van der Waals surface area contributed by atoms with Crippen LogP contribution < -0.4 is 10.6 Å². The van der Waals surface area contributed by atoms with Gasteiger partial charge in [-0.25, -0.2) is 18.7 Å². The van der Waals surface area contributed by atoms with Crippen LogP contribution in [0.15, 0.2) is 30.3 Å². The molecule has 2 heterocycles. The van der Waals surface area contributed by atoms with E-state index >= 15 is 0 Å². The Morgan fingerprint density at radius 2 is 1.80 bits per heavy atom. The second-order valence-electron chi connectivity index (χ2n) is 8.34. The van der Waals surface area contributed by atoms with Gasteiger partial charge in [-0.15, -0.1) is 0 Å². The fraction of sp³-hybridized carbons (Fsp3) is 0.391. The second kappa shape index (κ2) is 7.47. The third-order valence-electron chi connectivity index (χ3n) is 6.18. The molecule has 0 radical (unpaired) electrons. The van der Waals surface area contributed by atoms with E-state index in [9.17, 15) is 8.78 Å². The number of hydrogen-bond acceptors (Lipinski definition) is 5. The minimum absolute atomic E-state index is 0.141. The Balaban J connectivity index is 1.34. The van der Waals surface area contributed by atoms with Crippen LogP contribution in [0.4, 0.5) is 20.4 Å². The molecular weight excluding hydrogens is 384 g/mol. The highest BCUT2D eigenvalue weighted by Crippen LogP contribution is 2.43. The molecule has 2 aromatic carbocycles. The van der Waals surface area contributed by atoms with Crippen molar-refractivity contribution < 1.29 is 8.78 Å². The fourth-order valence-corrected chi connectivity index (χ4v) is 4.26. The van der Waals surface area contributed by atoms with E-state index in [-0.39, 0.29) is 12.1 Å². The molecular formula is C23H25F2N5. The molecule has 2 fully saturated rings. The van der Waals surface area contributed by atoms with Crippen molar-refractivity contribution in [3.05, 3.63) is 58.7 Å². The largest absolute Gasteiger partial charge is 0.381 e. The van der Waals surface area contributed by atoms with Gasteiger partial charge in [0.25, 0.3) is 0 Å². The van der Waals surface area contributed by atoms with E-state index in [1.54, 1.807) is 6.92 Å². The van der Waals surface area contributed by atoms with Crippen LogP contribution in [-0.4, -0.2) is 41.0 Å². The number of fused-ring (bicyclic) bond motifs is 1. The average molecular weight is 409 g/mol. The molecule has 0 unspecified atom stereocenters. The number of nitrogens with zero attached hydrogens (tertiary/aromatic N) is 4. The first-order valence-corrected chi connectivity index (χ1v) is 10.5. The lowest BCUT2D eigenvalue weighted by Gasteiger charge is -2.35. The predicted octanol–water partition coefficient (Wildman–Crippen LogP) is 4.00. The Bertz CT molecular complexity index is 1100. The number of nitrogen functional groups attached to an aromatic ring is 1. The first-order chi connectivity index (χ1) is 14.5. The summed E-state index contributed by atoms with van der Waals surface area (Å²) in [5, 5.41) is 0. The quantitative estimate of drug-likeness (QED) is 0.706. The Morgan fingerprint density at radius 1 is 1.03 bits per heavy atom. The smallest absolute Gasteiger partial charge is 0.172 e. The molecule has 30 heavy (non-hydrogen) atoms. The van der Waals surface area contributed by atoms with Crippen molar-refractivity contribution in [1.29, 1.82) is 0 Å². The summed E-state index contributed by atoms with van der Waals surface area (Å²) in [4.78, 5) is 13.7. The molecule has 1 saturated carbocycles. The lowest BCUT2D eigenvalue weighted by molar-refractivity contribution is 0.242. The van der Waals surface area contributed by atoms with Gasteiger partial charge >= 0.3 is 0 Å². The molecule has 2 aliphatic rings. The van der Waals surface area contributed by atoms with Crippen LogP contribution in [0.25, 0.3) is 11.0 Å². The molecule has 1 aliphatic carbocycles. The number of aromatic nitrogens is 2. The minimum atomic E-state index is -0.488. The maximum absolute atomic E-state index is 14.4. The SMILES string of the molecule is Cc1ccc(F)c(CN2CCN(c3nc4c(C5CC5)cccc4nc3N)CC2)c1F. The van der Waals surface area contributed by atoms with Gasteiger partial charge in [-0.3, -0.25) is 4.90 Å². The molecule has 0 atom stereocenters. The Kier molecular flexibility index (Phi) is 4.77. The van der Waals surface area contributed by atoms with Gasteiger partial charge in [-0.05, 0) is 48.9 Å². The van der Waals surface area contributed by atoms with Gasteiger partial charge in [-0.2, -0.15) is 0 Å². The lowest BCUT2D eigenvalue weighted by atomic mass is 10.1. The summed E-state index contributed by atoms with van der Waals surface area (Å²) in [5.41, 5.74) is 9.89. The summed E-state index contributed by atoms with van der Waals surface area (Å²) in [7, 11) is 0. The highest BCUT2D eigenvalue weighted by molar-refractivity contribution is 5.83. The number of anilines is 2. The van der Waals surface area contributed by atoms with Crippen molar-refractivity contribution in [2.45, 2.75) is 32.2 Å². The van der Waals surface area contributed by atoms with Crippen molar-refractivity contribution in [2.75, 3.05) is 36.8 Å². The third-order valence-corrected chi connectivity index (χ3v) is 6.18. The molecule has 1 saturated heterocycles. The molecule has 0 bridgehead atoms. The predicted molar refractivity (Wildman–Crippen MR) is 115 cm³/mol. The van der Waals surface area contributed by atoms with E-state index in [4.69, 9.17) is 10.7 Å². The van der Waals surface area contributed by atoms with Gasteiger partial charge in [0.05, 0.1) is 11.0 Å². The fourth-order valence-electron chi connectivity index (χ4n) is 4.26. The zero-order valence-corrected chi connectivity index (χ0v) is 17.0. The van der Waals surface area contributed by atoms with E-state index in [2.05, 4.69) is 20.9 Å². The summed E-state index contributed by atoms with van der Waals surface area (Å²) in [6.45, 7) is 4.65. The monoisotopic (exact) mass is 409 g/mol. The van der Waals surface area contributed by atoms with Gasteiger partial charge < -0.3 is 10.6 Å². The minimum Gasteiger partial charge on any atom is -0.381 e. The highest BCUT2D eigenvalue weighted by Gasteiger charge is 2.28. The van der Waals surface area contributed by atoms with Gasteiger partial charge in [0.2, 0.25) is 0 Å². The first-order valence-electron chi connectivity index (χ1n) is 10.5. The van der Waals surface area contributed by atoms with Crippen molar-refractivity contribution in [3.8, 4) is 0 Å². The molecule has 156 valence electrons. The number of nitrogens with two attached hydrogens (primary N) is 1. The number of piperazine rings is 1. The molecule has 7 heteroatoms. The number of halogens is 2. The maximum Gasteiger partial charge on any atom is 0.172 e. The highest BCUT2D eigenvalue weighted by atomic mass is 19.1. The summed E-state index contributed by atoms with van der Waals surface area (Å²) >= 11 is 0. The van der Waals surface area contributed by atoms with Gasteiger partial charge in [0, 0.05) is 38.3 Å². The van der Waals surface area contributed by atoms with Crippen LogP contribution >= 0.6 is 0 Å². The lowest BCUT2D eigenvalue weighted by Crippen LogP contribution is -2.46. The molecule has 5 nitrogen and oxygen atoms in total. The van der Waals surface area contributed by atoms with E-state index < -0.39 is 11.6 Å². The van der Waals surface area contributed by atoms with Crippen LogP contribution in [0.5, 0.6) is 0 Å². The molecule has 1 aliphatic heterocycles. The second-order valence-corrected chi connectivity index (χ2v) is 8.34. The molecule has 1 aromatic heterocycles. The van der Waals surface area contributed by atoms with E-state index in [1.165, 1.54) is 30.5 Å². The Hall–Kier alpha value is -2.80. The zero-order valence-electron chi connectivity index (χ0n) is 17.0. The topological polar surface area (TPSA) is 58.3 Å². The summed E-state index contributed by atoms with van der Waals surface area (Å²) < 4.78 is 28.5. The van der Waals surface area contributed by atoms with Crippen LogP contribution in [0, 0.1) is 18.6 Å². The number of rotatable bonds is 4. The zero-order chi connectivity index (χ0) is 20.8. The van der Waals surface area contributed by atoms with Crippen LogP contribution in [0.2, 0.25) is 0 Å². The van der Waals surface area contributed by atoms with Crippen molar-refractivity contribution in [1.82, 2.24) is 14.9 Å². The number of aryl methyl sites for hydroxylation is 1. The first kappa shape index (κ1) is 19.2. The van der Waals surface area contributed by atoms with Crippen LogP contribution in [0.3, 0.4) is 0 Å². The normalized spacial score (nSPS) is 17.6.